The molecule has 2 aromatic rings. The van der Waals surface area contributed by atoms with Gasteiger partial charge in [-0.05, 0) is 12.6 Å². The second-order valence-electron chi connectivity index (χ2n) is 3.79. The Kier molecular flexibility index (Phi) is 4.24. The van der Waals surface area contributed by atoms with Gasteiger partial charge in [-0.15, -0.1) is 10.2 Å². The topological polar surface area (TPSA) is 128 Å². The molecule has 2 rings (SSSR count). The van der Waals surface area contributed by atoms with E-state index in [1.165, 1.54) is 6.20 Å². The van der Waals surface area contributed by atoms with Gasteiger partial charge in [0.25, 0.3) is 0 Å². The largest absolute Gasteiger partial charge is 0.363 e. The molecule has 19 heavy (non-hydrogen) atoms. The number of nitrogens with one attached hydrogen (secondary N) is 4. The van der Waals surface area contributed by atoms with Crippen molar-refractivity contribution in [1.29, 1.82) is 0 Å². The van der Waals surface area contributed by atoms with E-state index in [2.05, 4.69) is 35.6 Å². The van der Waals surface area contributed by atoms with Crippen LogP contribution in [0.1, 0.15) is 18.4 Å². The number of hydrogen-bond acceptors (Lipinski definition) is 6. The molecule has 104 valence electrons. The maximum Gasteiger partial charge on any atom is 0.242 e. The third kappa shape index (κ3) is 3.59. The first-order valence-corrected chi connectivity index (χ1v) is 7.20. The Labute approximate surface area is 110 Å². The minimum absolute atomic E-state index is 0.00738. The van der Waals surface area contributed by atoms with Gasteiger partial charge in [0.2, 0.25) is 10.0 Å². The fourth-order valence-corrected chi connectivity index (χ4v) is 2.43. The highest BCUT2D eigenvalue weighted by Crippen LogP contribution is 2.10. The minimum atomic E-state index is -3.57. The van der Waals surface area contributed by atoms with Crippen LogP contribution < -0.4 is 10.0 Å². The molecule has 0 atom stereocenters. The van der Waals surface area contributed by atoms with E-state index in [1.807, 2.05) is 6.92 Å². The number of tetrazole rings is 1. The summed E-state index contributed by atoms with van der Waals surface area (Å²) < 4.78 is 26.3. The molecule has 0 bridgehead atoms. The van der Waals surface area contributed by atoms with Gasteiger partial charge >= 0.3 is 0 Å². The van der Waals surface area contributed by atoms with E-state index in [0.29, 0.717) is 6.54 Å². The Hall–Kier alpha value is -1.78. The molecule has 0 radical (unpaired) electrons. The van der Waals surface area contributed by atoms with Crippen molar-refractivity contribution < 1.29 is 8.42 Å². The van der Waals surface area contributed by atoms with Gasteiger partial charge in [-0.25, -0.2) is 13.1 Å². The van der Waals surface area contributed by atoms with Crippen molar-refractivity contribution in [3.63, 3.8) is 0 Å². The molecule has 4 N–H and O–H groups in total. The molecule has 0 aromatic carbocycles. The van der Waals surface area contributed by atoms with Crippen molar-refractivity contribution in [3.05, 3.63) is 23.8 Å². The zero-order chi connectivity index (χ0) is 13.7. The lowest BCUT2D eigenvalue weighted by Gasteiger charge is -2.01. The maximum absolute atomic E-state index is 12.0. The average molecular weight is 285 g/mol. The summed E-state index contributed by atoms with van der Waals surface area (Å²) in [5.74, 6) is 0.284. The van der Waals surface area contributed by atoms with Crippen LogP contribution in [-0.2, 0) is 23.1 Å². The Balaban J connectivity index is 2.00. The predicted octanol–water partition coefficient (Wildman–Crippen LogP) is -0.884. The van der Waals surface area contributed by atoms with E-state index in [1.54, 1.807) is 6.07 Å². The Morgan fingerprint density at radius 1 is 1.37 bits per heavy atom. The van der Waals surface area contributed by atoms with Crippen molar-refractivity contribution in [2.24, 2.45) is 0 Å². The van der Waals surface area contributed by atoms with E-state index in [9.17, 15) is 8.42 Å². The van der Waals surface area contributed by atoms with Gasteiger partial charge in [-0.2, -0.15) is 5.21 Å². The van der Waals surface area contributed by atoms with Gasteiger partial charge in [0.15, 0.2) is 5.82 Å². The highest BCUT2D eigenvalue weighted by molar-refractivity contribution is 7.89. The smallest absolute Gasteiger partial charge is 0.242 e. The van der Waals surface area contributed by atoms with Crippen LogP contribution >= 0.6 is 0 Å². The molecule has 2 heterocycles. The number of sulfonamides is 1. The molecule has 0 spiro atoms. The van der Waals surface area contributed by atoms with E-state index >= 15 is 0 Å². The second kappa shape index (κ2) is 5.91. The SMILES string of the molecule is CCNCc1cc(S(=O)(=O)NCc2nn[nH]n2)c[nH]1. The molecule has 0 amide bonds. The Morgan fingerprint density at radius 3 is 2.89 bits per heavy atom. The van der Waals surface area contributed by atoms with Crippen LogP contribution in [0.5, 0.6) is 0 Å². The summed E-state index contributed by atoms with van der Waals surface area (Å²) in [4.78, 5) is 3.09. The first-order valence-electron chi connectivity index (χ1n) is 5.72. The summed E-state index contributed by atoms with van der Waals surface area (Å²) in [6.07, 6.45) is 1.45. The van der Waals surface area contributed by atoms with Crippen LogP contribution in [0.4, 0.5) is 0 Å². The zero-order valence-electron chi connectivity index (χ0n) is 10.3. The summed E-state index contributed by atoms with van der Waals surface area (Å²) >= 11 is 0. The maximum atomic E-state index is 12.0. The standard InChI is InChI=1S/C9H15N7O2S/c1-2-10-4-7-3-8(5-11-7)19(17,18)12-6-9-13-15-16-14-9/h3,5,10-12H,2,4,6H2,1H3,(H,13,14,15,16). The van der Waals surface area contributed by atoms with Crippen molar-refractivity contribution >= 4 is 10.0 Å². The van der Waals surface area contributed by atoms with Crippen LogP contribution in [0.3, 0.4) is 0 Å². The van der Waals surface area contributed by atoms with Crippen molar-refractivity contribution in [1.82, 2.24) is 35.6 Å². The molecule has 0 aliphatic rings. The molecule has 0 fully saturated rings. The summed E-state index contributed by atoms with van der Waals surface area (Å²) in [6, 6.07) is 1.58. The summed E-state index contributed by atoms with van der Waals surface area (Å²) in [5, 5.41) is 16.0. The van der Waals surface area contributed by atoms with Crippen LogP contribution in [0.15, 0.2) is 17.2 Å². The van der Waals surface area contributed by atoms with Crippen LogP contribution in [-0.4, -0.2) is 40.6 Å². The van der Waals surface area contributed by atoms with Gasteiger partial charge in [-0.1, -0.05) is 12.1 Å². The molecule has 0 aliphatic heterocycles. The summed E-state index contributed by atoms with van der Waals surface area (Å²) in [7, 11) is -3.57. The number of aromatic amines is 2. The first kappa shape index (κ1) is 13.6. The molecule has 0 aliphatic carbocycles. The highest BCUT2D eigenvalue weighted by atomic mass is 32.2. The van der Waals surface area contributed by atoms with E-state index in [-0.39, 0.29) is 17.3 Å². The normalized spacial score (nSPS) is 11.8. The fourth-order valence-electron chi connectivity index (χ4n) is 1.44. The van der Waals surface area contributed by atoms with Crippen molar-refractivity contribution in [3.8, 4) is 0 Å². The van der Waals surface area contributed by atoms with Gasteiger partial charge in [0, 0.05) is 18.4 Å². The molecule has 0 saturated heterocycles. The van der Waals surface area contributed by atoms with Crippen molar-refractivity contribution in [2.75, 3.05) is 6.54 Å². The third-order valence-electron chi connectivity index (χ3n) is 2.40. The van der Waals surface area contributed by atoms with Gasteiger partial charge in [-0.3, -0.25) is 0 Å². The lowest BCUT2D eigenvalue weighted by Crippen LogP contribution is -2.23. The molecule has 2 aromatic heterocycles. The van der Waals surface area contributed by atoms with Gasteiger partial charge < -0.3 is 10.3 Å². The number of rotatable bonds is 7. The average Bonchev–Trinajstić information content (AvgIpc) is 3.05. The third-order valence-corrected chi connectivity index (χ3v) is 3.78. The second-order valence-corrected chi connectivity index (χ2v) is 5.56. The minimum Gasteiger partial charge on any atom is -0.363 e. The lowest BCUT2D eigenvalue weighted by molar-refractivity contribution is 0.579. The van der Waals surface area contributed by atoms with Crippen LogP contribution in [0.25, 0.3) is 0 Å². The number of nitrogens with zero attached hydrogens (tertiary/aromatic N) is 3. The van der Waals surface area contributed by atoms with Crippen molar-refractivity contribution in [2.45, 2.75) is 24.9 Å². The van der Waals surface area contributed by atoms with E-state index < -0.39 is 10.0 Å². The van der Waals surface area contributed by atoms with E-state index in [4.69, 9.17) is 0 Å². The van der Waals surface area contributed by atoms with Gasteiger partial charge in [0.1, 0.15) is 0 Å². The van der Waals surface area contributed by atoms with E-state index in [0.717, 1.165) is 12.2 Å². The molecule has 0 saturated carbocycles. The number of H-pyrrole nitrogens is 2. The molecule has 0 unspecified atom stereocenters. The Bertz CT molecular complexity index is 604. The predicted molar refractivity (Wildman–Crippen MR) is 66.4 cm³/mol. The zero-order valence-corrected chi connectivity index (χ0v) is 11.2. The monoisotopic (exact) mass is 285 g/mol. The summed E-state index contributed by atoms with van der Waals surface area (Å²) in [5.41, 5.74) is 0.807. The molecular formula is C9H15N7O2S. The lowest BCUT2D eigenvalue weighted by atomic mass is 10.4. The first-order chi connectivity index (χ1) is 9.12. The van der Waals surface area contributed by atoms with Crippen LogP contribution in [0.2, 0.25) is 0 Å². The van der Waals surface area contributed by atoms with Crippen LogP contribution in [0, 0.1) is 0 Å². The fraction of sp³-hybridized carbons (Fsp3) is 0.444. The highest BCUT2D eigenvalue weighted by Gasteiger charge is 2.16. The quantitative estimate of drug-likeness (QED) is 0.522. The molecular weight excluding hydrogens is 270 g/mol. The molecule has 9 nitrogen and oxygen atoms in total. The van der Waals surface area contributed by atoms with Gasteiger partial charge in [0.05, 0.1) is 11.4 Å². The molecule has 10 heteroatoms. The summed E-state index contributed by atoms with van der Waals surface area (Å²) in [6.45, 7) is 3.38. The number of aromatic nitrogens is 5. The number of hydrogen-bond donors (Lipinski definition) is 4. The Morgan fingerprint density at radius 2 is 2.21 bits per heavy atom.